The van der Waals surface area contributed by atoms with Crippen LogP contribution in [-0.4, -0.2) is 16.8 Å². The zero-order chi connectivity index (χ0) is 22.2. The number of ketones is 1. The van der Waals surface area contributed by atoms with Crippen LogP contribution in [0.4, 0.5) is 5.69 Å². The van der Waals surface area contributed by atoms with Crippen LogP contribution in [-0.2, 0) is 9.59 Å². The molecule has 2 aromatic carbocycles. The van der Waals surface area contributed by atoms with Crippen LogP contribution in [0.25, 0.3) is 0 Å². The second-order valence-electron chi connectivity index (χ2n) is 8.34. The predicted molar refractivity (Wildman–Crippen MR) is 116 cm³/mol. The predicted octanol–water partition coefficient (Wildman–Crippen LogP) is 5.59. The number of hydrogen-bond acceptors (Lipinski definition) is 5. The van der Waals surface area contributed by atoms with Crippen LogP contribution in [0.3, 0.4) is 0 Å². The molecule has 158 valence electrons. The molecule has 4 rings (SSSR count). The van der Waals surface area contributed by atoms with Gasteiger partial charge < -0.3 is 14.3 Å². The van der Waals surface area contributed by atoms with Gasteiger partial charge in [-0.15, -0.1) is 0 Å². The number of amides is 1. The maximum atomic E-state index is 13.1. The summed E-state index contributed by atoms with van der Waals surface area (Å²) in [6.07, 6.45) is 1.48. The van der Waals surface area contributed by atoms with Crippen molar-refractivity contribution < 1.29 is 23.8 Å². The van der Waals surface area contributed by atoms with Crippen LogP contribution in [0.1, 0.15) is 32.6 Å². The molecule has 0 aliphatic carbocycles. The van der Waals surface area contributed by atoms with Gasteiger partial charge in [0.15, 0.2) is 11.5 Å². The van der Waals surface area contributed by atoms with Crippen molar-refractivity contribution >= 4 is 17.4 Å². The Bertz CT molecular complexity index is 1120. The number of ether oxygens (including phenoxy) is 1. The molecule has 1 aliphatic heterocycles. The first-order chi connectivity index (χ1) is 14.8. The molecular weight excluding hydrogens is 394 g/mol. The molecule has 1 amide bonds. The number of furan rings is 1. The summed E-state index contributed by atoms with van der Waals surface area (Å²) in [6, 6.07) is 18.8. The number of hydrogen-bond donors (Lipinski definition) is 1. The number of rotatable bonds is 5. The quantitative estimate of drug-likeness (QED) is 0.586. The summed E-state index contributed by atoms with van der Waals surface area (Å²) >= 11 is 0. The fourth-order valence-corrected chi connectivity index (χ4v) is 3.52. The molecule has 0 saturated heterocycles. The Balaban J connectivity index is 1.70. The summed E-state index contributed by atoms with van der Waals surface area (Å²) in [4.78, 5) is 27.5. The van der Waals surface area contributed by atoms with E-state index in [0.29, 0.717) is 22.9 Å². The summed E-state index contributed by atoms with van der Waals surface area (Å²) in [5.74, 6) is 0.176. The van der Waals surface area contributed by atoms with Gasteiger partial charge in [0.25, 0.3) is 5.91 Å². The Morgan fingerprint density at radius 3 is 2.19 bits per heavy atom. The minimum atomic E-state index is -0.852. The zero-order valence-electron chi connectivity index (χ0n) is 17.5. The van der Waals surface area contributed by atoms with Crippen molar-refractivity contribution in [3.8, 4) is 11.5 Å². The minimum Gasteiger partial charge on any atom is -0.503 e. The van der Waals surface area contributed by atoms with E-state index >= 15 is 0 Å². The average molecular weight is 417 g/mol. The molecule has 1 aliphatic rings. The van der Waals surface area contributed by atoms with Crippen LogP contribution in [0.2, 0.25) is 0 Å². The maximum absolute atomic E-state index is 13.1. The third-order valence-electron chi connectivity index (χ3n) is 5.04. The Morgan fingerprint density at radius 1 is 0.968 bits per heavy atom. The standard InChI is InChI=1S/C25H23NO5/c1-25(2,3)23(28)20-21(19-10-7-15-30-19)26(24(29)22(20)27)16-11-13-18(14-12-16)31-17-8-5-4-6-9-17/h4-15,21,27H,1-3H3. The van der Waals surface area contributed by atoms with Crippen molar-refractivity contribution in [2.75, 3.05) is 4.90 Å². The number of carbonyl (C=O) groups is 2. The van der Waals surface area contributed by atoms with E-state index in [0.717, 1.165) is 0 Å². The van der Waals surface area contributed by atoms with Crippen LogP contribution in [0.5, 0.6) is 11.5 Å². The molecule has 0 spiro atoms. The van der Waals surface area contributed by atoms with Gasteiger partial charge in [-0.1, -0.05) is 39.0 Å². The van der Waals surface area contributed by atoms with Crippen LogP contribution in [0.15, 0.2) is 88.7 Å². The van der Waals surface area contributed by atoms with Crippen LogP contribution in [0, 0.1) is 5.41 Å². The van der Waals surface area contributed by atoms with Gasteiger partial charge in [0, 0.05) is 11.1 Å². The van der Waals surface area contributed by atoms with Gasteiger partial charge >= 0.3 is 0 Å². The van der Waals surface area contributed by atoms with E-state index in [2.05, 4.69) is 0 Å². The first kappa shape index (κ1) is 20.5. The van der Waals surface area contributed by atoms with Crippen molar-refractivity contribution in [3.05, 3.63) is 90.1 Å². The van der Waals surface area contributed by atoms with Crippen LogP contribution < -0.4 is 9.64 Å². The molecule has 1 atom stereocenters. The molecule has 1 unspecified atom stereocenters. The number of Topliss-reactive ketones (excluding diaryl/α,β-unsaturated/α-hetero) is 1. The average Bonchev–Trinajstić information content (AvgIpc) is 3.36. The Morgan fingerprint density at radius 2 is 1.61 bits per heavy atom. The molecule has 6 heteroatoms. The number of para-hydroxylation sites is 1. The topological polar surface area (TPSA) is 80.0 Å². The molecule has 6 nitrogen and oxygen atoms in total. The summed E-state index contributed by atoms with van der Waals surface area (Å²) < 4.78 is 11.4. The highest BCUT2D eigenvalue weighted by Crippen LogP contribution is 2.43. The second-order valence-corrected chi connectivity index (χ2v) is 8.34. The van der Waals surface area contributed by atoms with E-state index in [1.54, 1.807) is 57.2 Å². The van der Waals surface area contributed by atoms with Crippen molar-refractivity contribution in [2.45, 2.75) is 26.8 Å². The Labute approximate surface area is 180 Å². The second kappa shape index (κ2) is 7.80. The molecule has 1 N–H and O–H groups in total. The number of nitrogens with zero attached hydrogens (tertiary/aromatic N) is 1. The van der Waals surface area contributed by atoms with Gasteiger partial charge in [0.1, 0.15) is 23.3 Å². The molecular formula is C25H23NO5. The van der Waals surface area contributed by atoms with Gasteiger partial charge in [0.2, 0.25) is 0 Å². The summed E-state index contributed by atoms with van der Waals surface area (Å²) in [5.41, 5.74) is -0.232. The van der Waals surface area contributed by atoms with E-state index in [1.165, 1.54) is 11.2 Å². The molecule has 0 fully saturated rings. The summed E-state index contributed by atoms with van der Waals surface area (Å²) in [5, 5.41) is 10.6. The van der Waals surface area contributed by atoms with Gasteiger partial charge in [-0.3, -0.25) is 14.5 Å². The number of carbonyl (C=O) groups excluding carboxylic acids is 2. The highest BCUT2D eigenvalue weighted by molar-refractivity contribution is 6.17. The molecule has 31 heavy (non-hydrogen) atoms. The Hall–Kier alpha value is -3.80. The summed E-state index contributed by atoms with van der Waals surface area (Å²) in [7, 11) is 0. The lowest BCUT2D eigenvalue weighted by atomic mass is 9.83. The van der Waals surface area contributed by atoms with Gasteiger partial charge in [0.05, 0.1) is 11.8 Å². The smallest absolute Gasteiger partial charge is 0.294 e. The fourth-order valence-electron chi connectivity index (χ4n) is 3.52. The third kappa shape index (κ3) is 3.84. The molecule has 0 saturated carbocycles. The lowest BCUT2D eigenvalue weighted by Gasteiger charge is -2.27. The van der Waals surface area contributed by atoms with E-state index in [-0.39, 0.29) is 11.4 Å². The summed E-state index contributed by atoms with van der Waals surface area (Å²) in [6.45, 7) is 5.24. The molecule has 0 bridgehead atoms. The monoisotopic (exact) mass is 417 g/mol. The van der Waals surface area contributed by atoms with Crippen LogP contribution >= 0.6 is 0 Å². The molecule has 1 aromatic heterocycles. The number of benzene rings is 2. The van der Waals surface area contributed by atoms with Crippen molar-refractivity contribution in [1.82, 2.24) is 0 Å². The van der Waals surface area contributed by atoms with Gasteiger partial charge in [-0.2, -0.15) is 0 Å². The van der Waals surface area contributed by atoms with Gasteiger partial charge in [-0.25, -0.2) is 0 Å². The normalized spacial score (nSPS) is 16.7. The fraction of sp³-hybridized carbons (Fsp3) is 0.200. The largest absolute Gasteiger partial charge is 0.503 e. The Kier molecular flexibility index (Phi) is 5.15. The van der Waals surface area contributed by atoms with E-state index in [9.17, 15) is 14.7 Å². The minimum absolute atomic E-state index is 0.0389. The maximum Gasteiger partial charge on any atom is 0.294 e. The van der Waals surface area contributed by atoms with E-state index in [1.807, 2.05) is 30.3 Å². The van der Waals surface area contributed by atoms with E-state index in [4.69, 9.17) is 9.15 Å². The first-order valence-corrected chi connectivity index (χ1v) is 9.95. The van der Waals surface area contributed by atoms with Gasteiger partial charge in [-0.05, 0) is 48.5 Å². The van der Waals surface area contributed by atoms with E-state index < -0.39 is 23.1 Å². The number of anilines is 1. The lowest BCUT2D eigenvalue weighted by Crippen LogP contribution is -2.32. The van der Waals surface area contributed by atoms with Crippen molar-refractivity contribution in [3.63, 3.8) is 0 Å². The van der Waals surface area contributed by atoms with Crippen molar-refractivity contribution in [2.24, 2.45) is 5.41 Å². The number of aliphatic hydroxyl groups excluding tert-OH is 1. The SMILES string of the molecule is CC(C)(C)C(=O)C1=C(O)C(=O)N(c2ccc(Oc3ccccc3)cc2)C1c1ccco1. The molecule has 3 aromatic rings. The molecule has 0 radical (unpaired) electrons. The first-order valence-electron chi connectivity index (χ1n) is 9.95. The highest BCUT2D eigenvalue weighted by atomic mass is 16.5. The highest BCUT2D eigenvalue weighted by Gasteiger charge is 2.47. The number of aliphatic hydroxyl groups is 1. The third-order valence-corrected chi connectivity index (χ3v) is 5.04. The zero-order valence-corrected chi connectivity index (χ0v) is 17.5. The lowest BCUT2D eigenvalue weighted by molar-refractivity contribution is -0.123. The molecule has 2 heterocycles. The van der Waals surface area contributed by atoms with Crippen molar-refractivity contribution in [1.29, 1.82) is 0 Å².